The summed E-state index contributed by atoms with van der Waals surface area (Å²) in [5.41, 5.74) is 11.0. The summed E-state index contributed by atoms with van der Waals surface area (Å²) in [4.78, 5) is 43.8. The van der Waals surface area contributed by atoms with Gasteiger partial charge in [-0.05, 0) is 34.6 Å². The predicted octanol–water partition coefficient (Wildman–Crippen LogP) is 4.25. The zero-order chi connectivity index (χ0) is 29.0. The van der Waals surface area contributed by atoms with Gasteiger partial charge in [-0.2, -0.15) is 9.97 Å². The first kappa shape index (κ1) is 26.2. The number of hydrogen-bond donors (Lipinski definition) is 1. The standard InChI is InChI=1S/C31H27ClN6O4/c1-41-29-30(36-28-27(35-29)31(40)37-14-18-7-3-2-6-17(18)10-20(37)13-34-28)42-16-25(39)38-15-19(12-32)26-22-9-5-4-8-21(22)23(33)11-24(26)38/h2-9,11,13,19-20H,10,12,14-16,33H2,1H3/t19-,20+/m1/s1. The third kappa shape index (κ3) is 4.21. The molecule has 3 aliphatic heterocycles. The van der Waals surface area contributed by atoms with E-state index in [-0.39, 0.29) is 53.7 Å². The minimum atomic E-state index is -0.341. The molecule has 4 aromatic rings. The number of halogens is 1. The van der Waals surface area contributed by atoms with Crippen LogP contribution in [-0.2, 0) is 17.8 Å². The van der Waals surface area contributed by atoms with Crippen LogP contribution < -0.4 is 20.1 Å². The van der Waals surface area contributed by atoms with Gasteiger partial charge < -0.3 is 25.0 Å². The van der Waals surface area contributed by atoms with Crippen molar-refractivity contribution in [1.82, 2.24) is 14.9 Å². The lowest BCUT2D eigenvalue weighted by atomic mass is 9.94. The van der Waals surface area contributed by atoms with Crippen LogP contribution in [0, 0.1) is 0 Å². The van der Waals surface area contributed by atoms with Crippen molar-refractivity contribution in [2.45, 2.75) is 24.9 Å². The molecular formula is C31H27ClN6O4. The molecule has 0 saturated carbocycles. The number of nitrogens with zero attached hydrogens (tertiary/aromatic N) is 5. The number of hydrogen-bond acceptors (Lipinski definition) is 8. The second kappa shape index (κ2) is 10.3. The van der Waals surface area contributed by atoms with Crippen LogP contribution in [-0.4, -0.2) is 65.1 Å². The molecule has 0 fully saturated rings. The third-order valence-electron chi connectivity index (χ3n) is 8.15. The highest BCUT2D eigenvalue weighted by atomic mass is 35.5. The van der Waals surface area contributed by atoms with Crippen molar-refractivity contribution < 1.29 is 19.1 Å². The first-order valence-electron chi connectivity index (χ1n) is 13.6. The third-order valence-corrected chi connectivity index (χ3v) is 8.52. The fourth-order valence-corrected chi connectivity index (χ4v) is 6.35. The van der Waals surface area contributed by atoms with Crippen molar-refractivity contribution in [1.29, 1.82) is 0 Å². The van der Waals surface area contributed by atoms with Gasteiger partial charge in [0.15, 0.2) is 18.1 Å². The Hall–Kier alpha value is -4.70. The smallest absolute Gasteiger partial charge is 0.280 e. The number of carbonyl (C=O) groups is 2. The Morgan fingerprint density at radius 3 is 2.62 bits per heavy atom. The molecule has 0 unspecified atom stereocenters. The fraction of sp³-hybridized carbons (Fsp3) is 0.258. The number of amides is 2. The summed E-state index contributed by atoms with van der Waals surface area (Å²) in [7, 11) is 1.41. The highest BCUT2D eigenvalue weighted by Gasteiger charge is 2.36. The minimum Gasteiger partial charge on any atom is -0.477 e. The summed E-state index contributed by atoms with van der Waals surface area (Å²) >= 11 is 6.34. The first-order chi connectivity index (χ1) is 20.5. The monoisotopic (exact) mass is 582 g/mol. The molecule has 3 aromatic carbocycles. The number of aliphatic imine (C=N–C) groups is 1. The number of ether oxygens (including phenoxy) is 2. The molecule has 0 aliphatic carbocycles. The number of methoxy groups -OCH3 is 1. The normalized spacial score (nSPS) is 18.7. The average Bonchev–Trinajstić information content (AvgIpc) is 3.34. The van der Waals surface area contributed by atoms with Gasteiger partial charge in [0.2, 0.25) is 0 Å². The molecule has 212 valence electrons. The van der Waals surface area contributed by atoms with Gasteiger partial charge in [0.25, 0.3) is 23.6 Å². The lowest BCUT2D eigenvalue weighted by molar-refractivity contribution is -0.120. The van der Waals surface area contributed by atoms with Gasteiger partial charge in [-0.1, -0.05) is 48.5 Å². The lowest BCUT2D eigenvalue weighted by Gasteiger charge is -2.33. The molecular weight excluding hydrogens is 556 g/mol. The van der Waals surface area contributed by atoms with Crippen molar-refractivity contribution in [2.24, 2.45) is 4.99 Å². The number of fused-ring (bicyclic) bond motifs is 6. The Morgan fingerprint density at radius 1 is 1.07 bits per heavy atom. The highest BCUT2D eigenvalue weighted by molar-refractivity contribution is 6.19. The second-order valence-corrected chi connectivity index (χ2v) is 10.9. The Morgan fingerprint density at radius 2 is 1.83 bits per heavy atom. The Labute approximate surface area is 246 Å². The molecule has 0 spiro atoms. The number of carbonyl (C=O) groups excluding carboxylic acids is 2. The molecule has 3 aliphatic rings. The van der Waals surface area contributed by atoms with Crippen molar-refractivity contribution >= 4 is 57.6 Å². The number of benzene rings is 3. The zero-order valence-electron chi connectivity index (χ0n) is 22.8. The van der Waals surface area contributed by atoms with Crippen LogP contribution >= 0.6 is 11.6 Å². The molecule has 42 heavy (non-hydrogen) atoms. The van der Waals surface area contributed by atoms with E-state index in [1.165, 1.54) is 12.7 Å². The van der Waals surface area contributed by atoms with E-state index >= 15 is 0 Å². The Kier molecular flexibility index (Phi) is 6.42. The molecule has 2 amide bonds. The maximum absolute atomic E-state index is 13.6. The molecule has 1 aromatic heterocycles. The summed E-state index contributed by atoms with van der Waals surface area (Å²) in [5.74, 6) is -0.198. The SMILES string of the molecule is COc1nc2c(nc1OCC(=O)N1C[C@@H](CCl)c3c1cc(N)c1ccccc31)N=C[C@@H]1Cc3ccccc3CN1C2=O. The number of aromatic nitrogens is 2. The molecule has 10 nitrogen and oxygen atoms in total. The van der Waals surface area contributed by atoms with Crippen LogP contribution in [0.4, 0.5) is 17.2 Å². The van der Waals surface area contributed by atoms with E-state index in [2.05, 4.69) is 21.0 Å². The van der Waals surface area contributed by atoms with Gasteiger partial charge in [-0.3, -0.25) is 9.59 Å². The van der Waals surface area contributed by atoms with Gasteiger partial charge in [-0.25, -0.2) is 4.99 Å². The molecule has 0 bridgehead atoms. The largest absolute Gasteiger partial charge is 0.477 e. The van der Waals surface area contributed by atoms with Crippen molar-refractivity contribution in [2.75, 3.05) is 36.8 Å². The minimum absolute atomic E-state index is 0.00310. The lowest BCUT2D eigenvalue weighted by Crippen LogP contribution is -2.44. The number of rotatable bonds is 5. The van der Waals surface area contributed by atoms with Gasteiger partial charge in [0.05, 0.1) is 18.8 Å². The highest BCUT2D eigenvalue weighted by Crippen LogP contribution is 2.44. The van der Waals surface area contributed by atoms with Gasteiger partial charge in [0.1, 0.15) is 0 Å². The van der Waals surface area contributed by atoms with Crippen LogP contribution in [0.25, 0.3) is 10.8 Å². The zero-order valence-corrected chi connectivity index (χ0v) is 23.5. The van der Waals surface area contributed by atoms with Crippen LogP contribution in [0.3, 0.4) is 0 Å². The summed E-state index contributed by atoms with van der Waals surface area (Å²) in [6.45, 7) is 0.509. The van der Waals surface area contributed by atoms with Gasteiger partial charge in [0, 0.05) is 42.2 Å². The van der Waals surface area contributed by atoms with E-state index in [0.29, 0.717) is 31.1 Å². The van der Waals surface area contributed by atoms with Gasteiger partial charge in [-0.15, -0.1) is 11.6 Å². The second-order valence-electron chi connectivity index (χ2n) is 10.6. The van der Waals surface area contributed by atoms with E-state index in [9.17, 15) is 9.59 Å². The maximum Gasteiger partial charge on any atom is 0.280 e. The summed E-state index contributed by atoms with van der Waals surface area (Å²) in [6, 6.07) is 17.5. The molecule has 7 rings (SSSR count). The molecule has 11 heteroatoms. The number of nitrogens with two attached hydrogens (primary N) is 1. The Bertz CT molecular complexity index is 1790. The van der Waals surface area contributed by atoms with Crippen LogP contribution in [0.2, 0.25) is 0 Å². The van der Waals surface area contributed by atoms with E-state index in [4.69, 9.17) is 26.8 Å². The number of nitrogen functional groups attached to an aromatic ring is 1. The van der Waals surface area contributed by atoms with Crippen LogP contribution in [0.1, 0.15) is 33.1 Å². The average molecular weight is 583 g/mol. The topological polar surface area (TPSA) is 123 Å². The van der Waals surface area contributed by atoms with E-state index < -0.39 is 0 Å². The predicted molar refractivity (Wildman–Crippen MR) is 160 cm³/mol. The Balaban J connectivity index is 1.15. The maximum atomic E-state index is 13.6. The molecule has 0 saturated heterocycles. The summed E-state index contributed by atoms with van der Waals surface area (Å²) < 4.78 is 11.3. The number of anilines is 2. The number of alkyl halides is 1. The van der Waals surface area contributed by atoms with Crippen molar-refractivity contribution in [3.8, 4) is 11.8 Å². The fourth-order valence-electron chi connectivity index (χ4n) is 6.10. The molecule has 0 radical (unpaired) electrons. The quantitative estimate of drug-likeness (QED) is 0.276. The van der Waals surface area contributed by atoms with E-state index in [0.717, 1.165) is 27.6 Å². The van der Waals surface area contributed by atoms with Crippen molar-refractivity contribution in [3.05, 3.63) is 77.0 Å². The summed E-state index contributed by atoms with van der Waals surface area (Å²) in [5, 5.41) is 1.91. The molecule has 2 atom stereocenters. The molecule has 2 N–H and O–H groups in total. The van der Waals surface area contributed by atoms with Crippen LogP contribution in [0.5, 0.6) is 11.8 Å². The van der Waals surface area contributed by atoms with E-state index in [1.54, 1.807) is 16.0 Å². The van der Waals surface area contributed by atoms with Crippen molar-refractivity contribution in [3.63, 3.8) is 0 Å². The van der Waals surface area contributed by atoms with Gasteiger partial charge >= 0.3 is 0 Å². The molecule has 4 heterocycles. The van der Waals surface area contributed by atoms with E-state index in [1.807, 2.05) is 48.5 Å². The first-order valence-corrected chi connectivity index (χ1v) is 14.2. The van der Waals surface area contributed by atoms with Crippen LogP contribution in [0.15, 0.2) is 59.6 Å². The summed E-state index contributed by atoms with van der Waals surface area (Å²) in [6.07, 6.45) is 2.37.